The highest BCUT2D eigenvalue weighted by Crippen LogP contribution is 2.23. The summed E-state index contributed by atoms with van der Waals surface area (Å²) in [7, 11) is -3.54. The van der Waals surface area contributed by atoms with Gasteiger partial charge in [-0.25, -0.2) is 8.42 Å². The predicted molar refractivity (Wildman–Crippen MR) is 72.0 cm³/mol. The Bertz CT molecular complexity index is 650. The van der Waals surface area contributed by atoms with E-state index in [9.17, 15) is 8.42 Å². The number of hydrogen-bond acceptors (Lipinski definition) is 5. The average Bonchev–Trinajstić information content (AvgIpc) is 2.81. The number of anilines is 1. The van der Waals surface area contributed by atoms with Gasteiger partial charge in [0.05, 0.1) is 5.69 Å². The molecule has 5 nitrogen and oxygen atoms in total. The maximum atomic E-state index is 12.1. The molecule has 0 aromatic carbocycles. The van der Waals surface area contributed by atoms with Crippen molar-refractivity contribution in [1.29, 1.82) is 0 Å². The third-order valence-electron chi connectivity index (χ3n) is 2.39. The Labute approximate surface area is 110 Å². The molecule has 0 radical (unpaired) electrons. The lowest BCUT2D eigenvalue weighted by molar-refractivity contribution is 0.603. The molecule has 2 aromatic rings. The number of thiophene rings is 1. The molecule has 0 spiro atoms. The van der Waals surface area contributed by atoms with Gasteiger partial charge in [0.25, 0.3) is 10.0 Å². The summed E-state index contributed by atoms with van der Waals surface area (Å²) in [5.74, 6) is 0. The van der Waals surface area contributed by atoms with Crippen LogP contribution in [0.4, 0.5) is 5.69 Å². The van der Waals surface area contributed by atoms with Gasteiger partial charge in [0.15, 0.2) is 0 Å². The van der Waals surface area contributed by atoms with Gasteiger partial charge in [-0.3, -0.25) is 9.71 Å². The van der Waals surface area contributed by atoms with Crippen molar-refractivity contribution in [3.8, 4) is 0 Å². The molecule has 18 heavy (non-hydrogen) atoms. The lowest BCUT2D eigenvalue weighted by Crippen LogP contribution is -2.12. The van der Waals surface area contributed by atoms with Crippen LogP contribution in [0, 0.1) is 6.92 Å². The SMILES string of the molecule is Cc1cnccc1NS(=O)(=O)c1cc(CN)cs1. The number of sulfonamides is 1. The summed E-state index contributed by atoms with van der Waals surface area (Å²) in [6.07, 6.45) is 3.15. The van der Waals surface area contributed by atoms with E-state index in [2.05, 4.69) is 9.71 Å². The van der Waals surface area contributed by atoms with Crippen molar-refractivity contribution >= 4 is 27.0 Å². The van der Waals surface area contributed by atoms with Crippen molar-refractivity contribution in [3.63, 3.8) is 0 Å². The van der Waals surface area contributed by atoms with Crippen molar-refractivity contribution in [2.75, 3.05) is 4.72 Å². The van der Waals surface area contributed by atoms with Gasteiger partial charge < -0.3 is 5.73 Å². The smallest absolute Gasteiger partial charge is 0.271 e. The summed E-state index contributed by atoms with van der Waals surface area (Å²) in [5.41, 5.74) is 7.59. The zero-order valence-corrected chi connectivity index (χ0v) is 11.4. The minimum absolute atomic E-state index is 0.263. The monoisotopic (exact) mass is 283 g/mol. The lowest BCUT2D eigenvalue weighted by Gasteiger charge is -2.08. The summed E-state index contributed by atoms with van der Waals surface area (Å²) in [4.78, 5) is 3.92. The summed E-state index contributed by atoms with van der Waals surface area (Å²) >= 11 is 1.16. The second-order valence-electron chi connectivity index (χ2n) is 3.77. The molecule has 0 fully saturated rings. The van der Waals surface area contributed by atoms with Gasteiger partial charge in [-0.05, 0) is 35.6 Å². The van der Waals surface area contributed by atoms with Crippen molar-refractivity contribution in [2.24, 2.45) is 5.73 Å². The number of hydrogen-bond donors (Lipinski definition) is 2. The Kier molecular flexibility index (Phi) is 3.65. The molecule has 7 heteroatoms. The molecule has 0 saturated carbocycles. The Morgan fingerprint density at radius 2 is 2.28 bits per heavy atom. The second kappa shape index (κ2) is 5.05. The van der Waals surface area contributed by atoms with E-state index in [-0.39, 0.29) is 4.21 Å². The predicted octanol–water partition coefficient (Wildman–Crippen LogP) is 1.71. The molecule has 0 bridgehead atoms. The fourth-order valence-electron chi connectivity index (χ4n) is 1.38. The van der Waals surface area contributed by atoms with E-state index in [1.54, 1.807) is 36.8 Å². The second-order valence-corrected chi connectivity index (χ2v) is 6.59. The third kappa shape index (κ3) is 2.69. The van der Waals surface area contributed by atoms with Gasteiger partial charge in [-0.2, -0.15) is 0 Å². The van der Waals surface area contributed by atoms with Crippen LogP contribution in [-0.2, 0) is 16.6 Å². The van der Waals surface area contributed by atoms with E-state index in [0.29, 0.717) is 12.2 Å². The number of aryl methyl sites for hydroxylation is 1. The molecule has 2 aromatic heterocycles. The maximum Gasteiger partial charge on any atom is 0.271 e. The van der Waals surface area contributed by atoms with Crippen LogP contribution in [0.1, 0.15) is 11.1 Å². The fraction of sp³-hybridized carbons (Fsp3) is 0.182. The van der Waals surface area contributed by atoms with Gasteiger partial charge >= 0.3 is 0 Å². The van der Waals surface area contributed by atoms with E-state index in [1.807, 2.05) is 0 Å². The number of rotatable bonds is 4. The first-order valence-corrected chi connectivity index (χ1v) is 7.60. The number of aromatic nitrogens is 1. The normalized spacial score (nSPS) is 11.4. The molecule has 0 aliphatic heterocycles. The van der Waals surface area contributed by atoms with Crippen LogP contribution < -0.4 is 10.5 Å². The first-order chi connectivity index (χ1) is 8.53. The highest BCUT2D eigenvalue weighted by molar-refractivity contribution is 7.94. The Balaban J connectivity index is 2.30. The minimum atomic E-state index is -3.54. The van der Waals surface area contributed by atoms with Crippen LogP contribution in [0.2, 0.25) is 0 Å². The molecule has 96 valence electrons. The molecule has 0 aliphatic rings. The number of nitrogens with zero attached hydrogens (tertiary/aromatic N) is 1. The van der Waals surface area contributed by atoms with Crippen molar-refractivity contribution in [3.05, 3.63) is 41.0 Å². The van der Waals surface area contributed by atoms with E-state index < -0.39 is 10.0 Å². The van der Waals surface area contributed by atoms with Crippen LogP contribution in [0.3, 0.4) is 0 Å². The fourth-order valence-corrected chi connectivity index (χ4v) is 3.74. The number of pyridine rings is 1. The van der Waals surface area contributed by atoms with Crippen LogP contribution in [0.5, 0.6) is 0 Å². The molecule has 0 saturated heterocycles. The Morgan fingerprint density at radius 1 is 1.50 bits per heavy atom. The molecule has 0 aliphatic carbocycles. The lowest BCUT2D eigenvalue weighted by atomic mass is 10.3. The maximum absolute atomic E-state index is 12.1. The molecule has 3 N–H and O–H groups in total. The molecule has 2 rings (SSSR count). The molecule has 2 heterocycles. The first-order valence-electron chi connectivity index (χ1n) is 5.24. The standard InChI is InChI=1S/C11H13N3O2S2/c1-8-6-13-3-2-10(8)14-18(15,16)11-4-9(5-12)7-17-11/h2-4,6-7H,5,12H2,1H3,(H,13,14). The largest absolute Gasteiger partial charge is 0.326 e. The van der Waals surface area contributed by atoms with Gasteiger partial charge in [-0.15, -0.1) is 11.3 Å². The molecular weight excluding hydrogens is 270 g/mol. The quantitative estimate of drug-likeness (QED) is 0.894. The molecule has 0 unspecified atom stereocenters. The number of nitrogens with one attached hydrogen (secondary N) is 1. The van der Waals surface area contributed by atoms with Gasteiger partial charge in [-0.1, -0.05) is 0 Å². The van der Waals surface area contributed by atoms with Crippen LogP contribution in [-0.4, -0.2) is 13.4 Å². The van der Waals surface area contributed by atoms with Crippen LogP contribution in [0.25, 0.3) is 0 Å². The zero-order valence-electron chi connectivity index (χ0n) is 9.75. The highest BCUT2D eigenvalue weighted by atomic mass is 32.2. The summed E-state index contributed by atoms with van der Waals surface area (Å²) in [6.45, 7) is 2.13. The number of nitrogens with two attached hydrogens (primary N) is 1. The molecular formula is C11H13N3O2S2. The van der Waals surface area contributed by atoms with Gasteiger partial charge in [0.1, 0.15) is 4.21 Å². The van der Waals surface area contributed by atoms with Crippen LogP contribution >= 0.6 is 11.3 Å². The topological polar surface area (TPSA) is 85.1 Å². The van der Waals surface area contributed by atoms with Crippen molar-refractivity contribution in [2.45, 2.75) is 17.7 Å². The Morgan fingerprint density at radius 3 is 2.89 bits per heavy atom. The average molecular weight is 283 g/mol. The van der Waals surface area contributed by atoms with Crippen molar-refractivity contribution < 1.29 is 8.42 Å². The minimum Gasteiger partial charge on any atom is -0.326 e. The zero-order chi connectivity index (χ0) is 13.2. The van der Waals surface area contributed by atoms with E-state index >= 15 is 0 Å². The van der Waals surface area contributed by atoms with E-state index in [4.69, 9.17) is 5.73 Å². The molecule has 0 amide bonds. The molecule has 0 atom stereocenters. The summed E-state index contributed by atoms with van der Waals surface area (Å²) < 4.78 is 27.0. The summed E-state index contributed by atoms with van der Waals surface area (Å²) in [6, 6.07) is 3.22. The van der Waals surface area contributed by atoms with Crippen LogP contribution in [0.15, 0.2) is 34.1 Å². The van der Waals surface area contributed by atoms with Gasteiger partial charge in [0, 0.05) is 18.9 Å². The highest BCUT2D eigenvalue weighted by Gasteiger charge is 2.17. The van der Waals surface area contributed by atoms with E-state index in [0.717, 1.165) is 22.5 Å². The van der Waals surface area contributed by atoms with E-state index in [1.165, 1.54) is 0 Å². The Hall–Kier alpha value is -1.44. The third-order valence-corrected chi connectivity index (χ3v) is 5.25. The first kappa shape index (κ1) is 13.0. The van der Waals surface area contributed by atoms with Gasteiger partial charge in [0.2, 0.25) is 0 Å². The summed E-state index contributed by atoms with van der Waals surface area (Å²) in [5, 5.41) is 1.74. The van der Waals surface area contributed by atoms with Crippen molar-refractivity contribution in [1.82, 2.24) is 4.98 Å².